The molecule has 3 rings (SSSR count). The van der Waals surface area contributed by atoms with Gasteiger partial charge in [0.25, 0.3) is 0 Å². The first-order valence-electron chi connectivity index (χ1n) is 10.7. The van der Waals surface area contributed by atoms with E-state index in [1.54, 1.807) is 32.4 Å². The van der Waals surface area contributed by atoms with Crippen LogP contribution < -0.4 is 30.3 Å². The number of nitrogens with one attached hydrogen (secondary N) is 3. The molecule has 0 aliphatic heterocycles. The molecular weight excluding hydrogens is 420 g/mol. The van der Waals surface area contributed by atoms with E-state index < -0.39 is 0 Å². The van der Waals surface area contributed by atoms with Gasteiger partial charge in [-0.3, -0.25) is 0 Å². The van der Waals surface area contributed by atoms with E-state index in [0.717, 1.165) is 30.4 Å². The zero-order valence-corrected chi connectivity index (χ0v) is 19.6. The van der Waals surface area contributed by atoms with Crippen molar-refractivity contribution in [2.75, 3.05) is 48.2 Å². The molecule has 3 aromatic rings. The molecule has 0 spiro atoms. The topological polar surface area (TPSA) is 101 Å². The number of methoxy groups -OCH3 is 2. The van der Waals surface area contributed by atoms with E-state index in [1.807, 2.05) is 37.3 Å². The lowest BCUT2D eigenvalue weighted by Crippen LogP contribution is -2.23. The second kappa shape index (κ2) is 11.0. The largest absolute Gasteiger partial charge is 0.497 e. The van der Waals surface area contributed by atoms with Crippen LogP contribution in [0.3, 0.4) is 0 Å². The molecule has 2 amide bonds. The van der Waals surface area contributed by atoms with Gasteiger partial charge < -0.3 is 30.3 Å². The van der Waals surface area contributed by atoms with Crippen molar-refractivity contribution in [1.29, 1.82) is 0 Å². The van der Waals surface area contributed by atoms with E-state index in [4.69, 9.17) is 9.47 Å². The summed E-state index contributed by atoms with van der Waals surface area (Å²) in [4.78, 5) is 23.6. The fourth-order valence-electron chi connectivity index (χ4n) is 3.28. The van der Waals surface area contributed by atoms with Crippen molar-refractivity contribution in [3.8, 4) is 11.5 Å². The Morgan fingerprint density at radius 2 is 1.42 bits per heavy atom. The average molecular weight is 451 g/mol. The van der Waals surface area contributed by atoms with E-state index >= 15 is 0 Å². The molecule has 0 bridgehead atoms. The molecule has 9 heteroatoms. The van der Waals surface area contributed by atoms with Crippen LogP contribution in [-0.4, -0.2) is 43.3 Å². The molecule has 0 fully saturated rings. The average Bonchev–Trinajstić information content (AvgIpc) is 2.80. The van der Waals surface area contributed by atoms with E-state index in [0.29, 0.717) is 28.7 Å². The molecule has 0 aliphatic rings. The Labute approximate surface area is 194 Å². The molecular formula is C24H30N6O3. The van der Waals surface area contributed by atoms with Crippen molar-refractivity contribution >= 4 is 34.7 Å². The van der Waals surface area contributed by atoms with E-state index in [-0.39, 0.29) is 6.03 Å². The SMILES string of the molecule is CCN(CC)c1cc(Nc2ccc(NC(=O)Nc3cc(OC)cc(OC)c3)cc2)nc(C)n1. The summed E-state index contributed by atoms with van der Waals surface area (Å²) in [6.45, 7) is 7.82. The number of ether oxygens (including phenoxy) is 2. The summed E-state index contributed by atoms with van der Waals surface area (Å²) in [5, 5.41) is 8.89. The van der Waals surface area contributed by atoms with Gasteiger partial charge >= 0.3 is 6.03 Å². The van der Waals surface area contributed by atoms with Crippen LogP contribution in [0, 0.1) is 6.92 Å². The maximum Gasteiger partial charge on any atom is 0.323 e. The van der Waals surface area contributed by atoms with Crippen molar-refractivity contribution in [2.24, 2.45) is 0 Å². The molecule has 33 heavy (non-hydrogen) atoms. The molecule has 174 valence electrons. The Morgan fingerprint density at radius 3 is 2.00 bits per heavy atom. The molecule has 0 saturated carbocycles. The molecule has 1 aromatic heterocycles. The van der Waals surface area contributed by atoms with E-state index in [1.165, 1.54) is 0 Å². The lowest BCUT2D eigenvalue weighted by molar-refractivity contribution is 0.262. The standard InChI is InChI=1S/C24H30N6O3/c1-6-30(7-2)23-15-22(25-16(3)26-23)27-17-8-10-18(11-9-17)28-24(31)29-19-12-20(32-4)14-21(13-19)33-5/h8-15H,6-7H2,1-5H3,(H,25,26,27)(H2,28,29,31). The lowest BCUT2D eigenvalue weighted by Gasteiger charge is -2.20. The second-order valence-corrected chi connectivity index (χ2v) is 7.21. The fourth-order valence-corrected chi connectivity index (χ4v) is 3.28. The first-order valence-corrected chi connectivity index (χ1v) is 10.7. The van der Waals surface area contributed by atoms with Crippen LogP contribution in [0.15, 0.2) is 48.5 Å². The second-order valence-electron chi connectivity index (χ2n) is 7.21. The maximum atomic E-state index is 12.4. The lowest BCUT2D eigenvalue weighted by atomic mass is 10.2. The van der Waals surface area contributed by atoms with E-state index in [9.17, 15) is 4.79 Å². The number of hydrogen-bond acceptors (Lipinski definition) is 7. The molecule has 2 aromatic carbocycles. The molecule has 0 unspecified atom stereocenters. The van der Waals surface area contributed by atoms with Gasteiger partial charge in [-0.05, 0) is 45.0 Å². The van der Waals surface area contributed by atoms with E-state index in [2.05, 4.69) is 44.7 Å². The third-order valence-electron chi connectivity index (χ3n) is 4.94. The van der Waals surface area contributed by atoms with Gasteiger partial charge in [0.15, 0.2) is 0 Å². The van der Waals surface area contributed by atoms with Crippen molar-refractivity contribution in [3.05, 3.63) is 54.4 Å². The van der Waals surface area contributed by atoms with Gasteiger partial charge in [0.2, 0.25) is 0 Å². The summed E-state index contributed by atoms with van der Waals surface area (Å²) in [6, 6.07) is 14.1. The molecule has 0 radical (unpaired) electrons. The summed E-state index contributed by atoms with van der Waals surface area (Å²) in [6.07, 6.45) is 0. The smallest absolute Gasteiger partial charge is 0.323 e. The maximum absolute atomic E-state index is 12.4. The number of aryl methyl sites for hydroxylation is 1. The highest BCUT2D eigenvalue weighted by Crippen LogP contribution is 2.26. The van der Waals surface area contributed by atoms with Crippen LogP contribution in [-0.2, 0) is 0 Å². The zero-order valence-electron chi connectivity index (χ0n) is 19.6. The van der Waals surface area contributed by atoms with Gasteiger partial charge in [-0.15, -0.1) is 0 Å². The molecule has 3 N–H and O–H groups in total. The highest BCUT2D eigenvalue weighted by molar-refractivity contribution is 6.00. The Balaban J connectivity index is 1.64. The first-order chi connectivity index (χ1) is 15.9. The Kier molecular flexibility index (Phi) is 7.91. The summed E-state index contributed by atoms with van der Waals surface area (Å²) in [5.41, 5.74) is 2.06. The number of amides is 2. The zero-order chi connectivity index (χ0) is 23.8. The van der Waals surface area contributed by atoms with Crippen LogP contribution in [0.5, 0.6) is 11.5 Å². The molecule has 0 saturated heterocycles. The fraction of sp³-hybridized carbons (Fsp3) is 0.292. The van der Waals surface area contributed by atoms with Gasteiger partial charge in [0.05, 0.1) is 14.2 Å². The summed E-state index contributed by atoms with van der Waals surface area (Å²) in [5.74, 6) is 3.48. The Bertz CT molecular complexity index is 1060. The summed E-state index contributed by atoms with van der Waals surface area (Å²) < 4.78 is 10.5. The minimum absolute atomic E-state index is 0.374. The number of urea groups is 1. The summed E-state index contributed by atoms with van der Waals surface area (Å²) >= 11 is 0. The van der Waals surface area contributed by atoms with Crippen LogP contribution >= 0.6 is 0 Å². The molecule has 9 nitrogen and oxygen atoms in total. The number of nitrogens with zero attached hydrogens (tertiary/aromatic N) is 3. The van der Waals surface area contributed by atoms with Gasteiger partial charge in [0, 0.05) is 54.4 Å². The van der Waals surface area contributed by atoms with Crippen molar-refractivity contribution < 1.29 is 14.3 Å². The highest BCUT2D eigenvalue weighted by Gasteiger charge is 2.09. The van der Waals surface area contributed by atoms with Crippen LogP contribution in [0.4, 0.5) is 33.5 Å². The number of benzene rings is 2. The van der Waals surface area contributed by atoms with Crippen LogP contribution in [0.1, 0.15) is 19.7 Å². The predicted molar refractivity (Wildman–Crippen MR) is 132 cm³/mol. The normalized spacial score (nSPS) is 10.3. The minimum Gasteiger partial charge on any atom is -0.497 e. The van der Waals surface area contributed by atoms with Crippen LogP contribution in [0.2, 0.25) is 0 Å². The number of carbonyl (C=O) groups is 1. The number of hydrogen-bond donors (Lipinski definition) is 3. The molecule has 0 aliphatic carbocycles. The first kappa shape index (κ1) is 23.6. The van der Waals surface area contributed by atoms with Gasteiger partial charge in [-0.1, -0.05) is 0 Å². The quantitative estimate of drug-likeness (QED) is 0.420. The van der Waals surface area contributed by atoms with Gasteiger partial charge in [-0.2, -0.15) is 0 Å². The molecule has 1 heterocycles. The molecule has 0 atom stereocenters. The number of rotatable bonds is 9. The van der Waals surface area contributed by atoms with Crippen molar-refractivity contribution in [3.63, 3.8) is 0 Å². The highest BCUT2D eigenvalue weighted by atomic mass is 16.5. The number of aromatic nitrogens is 2. The van der Waals surface area contributed by atoms with Crippen LogP contribution in [0.25, 0.3) is 0 Å². The summed E-state index contributed by atoms with van der Waals surface area (Å²) in [7, 11) is 3.11. The number of carbonyl (C=O) groups excluding carboxylic acids is 1. The Hall–Kier alpha value is -4.01. The minimum atomic E-state index is -0.374. The van der Waals surface area contributed by atoms with Gasteiger partial charge in [-0.25, -0.2) is 14.8 Å². The monoisotopic (exact) mass is 450 g/mol. The van der Waals surface area contributed by atoms with Crippen molar-refractivity contribution in [2.45, 2.75) is 20.8 Å². The number of anilines is 5. The third kappa shape index (κ3) is 6.49. The predicted octanol–water partition coefficient (Wildman–Crippen LogP) is 5.04. The van der Waals surface area contributed by atoms with Gasteiger partial charge in [0.1, 0.15) is 29.0 Å². The third-order valence-corrected chi connectivity index (χ3v) is 4.94. The van der Waals surface area contributed by atoms with Crippen molar-refractivity contribution in [1.82, 2.24) is 9.97 Å². The Morgan fingerprint density at radius 1 is 0.848 bits per heavy atom.